The molecule has 0 radical (unpaired) electrons. The van der Waals surface area contributed by atoms with E-state index in [0.717, 1.165) is 17.6 Å². The number of rotatable bonds is 7. The number of hydrogen-bond donors (Lipinski definition) is 3. The predicted octanol–water partition coefficient (Wildman–Crippen LogP) is 3.37. The van der Waals surface area contributed by atoms with E-state index in [1.165, 1.54) is 12.1 Å². The third-order valence-corrected chi connectivity index (χ3v) is 3.88. The molecule has 0 saturated carbocycles. The predicted molar refractivity (Wildman–Crippen MR) is 102 cm³/mol. The van der Waals surface area contributed by atoms with Crippen molar-refractivity contribution < 1.29 is 27.8 Å². The summed E-state index contributed by atoms with van der Waals surface area (Å²) in [6.07, 6.45) is -5.38. The van der Waals surface area contributed by atoms with Crippen LogP contribution in [-0.4, -0.2) is 39.6 Å². The van der Waals surface area contributed by atoms with Crippen LogP contribution in [0.25, 0.3) is 11.0 Å². The Hall–Kier alpha value is -3.27. The van der Waals surface area contributed by atoms with Gasteiger partial charge in [0.25, 0.3) is 0 Å². The highest BCUT2D eigenvalue weighted by Gasteiger charge is 2.31. The van der Waals surface area contributed by atoms with Crippen LogP contribution in [0.4, 0.5) is 24.8 Å². The van der Waals surface area contributed by atoms with Crippen molar-refractivity contribution in [3.05, 3.63) is 48.5 Å². The number of amides is 1. The fourth-order valence-electron chi connectivity index (χ4n) is 2.69. The third-order valence-electron chi connectivity index (χ3n) is 3.88. The van der Waals surface area contributed by atoms with Crippen LogP contribution in [0.2, 0.25) is 0 Å². The van der Waals surface area contributed by atoms with Crippen LogP contribution in [0.15, 0.2) is 48.5 Å². The number of nitrogens with one attached hydrogen (secondary N) is 2. The Morgan fingerprint density at radius 1 is 1.21 bits per heavy atom. The molecule has 0 unspecified atom stereocenters. The first-order valence-corrected chi connectivity index (χ1v) is 8.74. The number of aromatic nitrogens is 2. The summed E-state index contributed by atoms with van der Waals surface area (Å²) in [6.45, 7) is 1.80. The van der Waals surface area contributed by atoms with Crippen LogP contribution >= 0.6 is 0 Å². The van der Waals surface area contributed by atoms with Gasteiger partial charge in [-0.05, 0) is 43.3 Å². The number of aliphatic hydroxyl groups is 1. The van der Waals surface area contributed by atoms with Crippen molar-refractivity contribution in [3.8, 4) is 5.75 Å². The number of carbonyl (C=O) groups excluding carboxylic acids is 1. The summed E-state index contributed by atoms with van der Waals surface area (Å²) in [5, 5.41) is 15.1. The second kappa shape index (κ2) is 8.39. The van der Waals surface area contributed by atoms with Crippen molar-refractivity contribution in [1.82, 2.24) is 9.55 Å². The van der Waals surface area contributed by atoms with Gasteiger partial charge in [-0.1, -0.05) is 12.1 Å². The molecule has 2 aromatic carbocycles. The number of aliphatic hydroxyl groups excluding tert-OH is 1. The van der Waals surface area contributed by atoms with E-state index in [-0.39, 0.29) is 18.8 Å². The molecule has 1 amide bonds. The second-order valence-corrected chi connectivity index (χ2v) is 6.36. The number of carbonyl (C=O) groups is 1. The number of benzene rings is 2. The lowest BCUT2D eigenvalue weighted by Gasteiger charge is -2.13. The third kappa shape index (κ3) is 5.61. The molecule has 3 aromatic rings. The topological polar surface area (TPSA) is 88.4 Å². The molecule has 1 heterocycles. The van der Waals surface area contributed by atoms with E-state index >= 15 is 0 Å². The summed E-state index contributed by atoms with van der Waals surface area (Å²) in [6, 6.07) is 12.1. The molecule has 7 nitrogen and oxygen atoms in total. The summed E-state index contributed by atoms with van der Waals surface area (Å²) >= 11 is 0. The lowest BCUT2D eigenvalue weighted by molar-refractivity contribution is -0.274. The van der Waals surface area contributed by atoms with Crippen molar-refractivity contribution in [2.75, 3.05) is 17.2 Å². The Kier molecular flexibility index (Phi) is 5.92. The zero-order valence-corrected chi connectivity index (χ0v) is 15.4. The van der Waals surface area contributed by atoms with Gasteiger partial charge in [0.05, 0.1) is 17.1 Å². The highest BCUT2D eigenvalue weighted by molar-refractivity contribution is 5.92. The number of alkyl halides is 3. The Morgan fingerprint density at radius 2 is 1.90 bits per heavy atom. The van der Waals surface area contributed by atoms with Crippen LogP contribution in [0, 0.1) is 0 Å². The van der Waals surface area contributed by atoms with E-state index < -0.39 is 18.4 Å². The van der Waals surface area contributed by atoms with Crippen molar-refractivity contribution in [1.29, 1.82) is 0 Å². The van der Waals surface area contributed by atoms with Crippen molar-refractivity contribution >= 4 is 28.6 Å². The molecular formula is C19H19F3N4O3. The van der Waals surface area contributed by atoms with Crippen LogP contribution in [0.1, 0.15) is 6.92 Å². The summed E-state index contributed by atoms with van der Waals surface area (Å²) in [5.74, 6) is -0.338. The highest BCUT2D eigenvalue weighted by Crippen LogP contribution is 2.24. The smallest absolute Gasteiger partial charge is 0.406 e. The number of fused-ring (bicyclic) bond motifs is 1. The van der Waals surface area contributed by atoms with Gasteiger partial charge in [-0.2, -0.15) is 0 Å². The van der Waals surface area contributed by atoms with Crippen LogP contribution in [0.5, 0.6) is 5.75 Å². The Labute approximate surface area is 164 Å². The van der Waals surface area contributed by atoms with Gasteiger partial charge in [0.15, 0.2) is 0 Å². The van der Waals surface area contributed by atoms with E-state index in [1.54, 1.807) is 17.6 Å². The molecule has 0 aliphatic heterocycles. The average Bonchev–Trinajstić information content (AvgIpc) is 2.98. The maximum absolute atomic E-state index is 12.5. The number of anilines is 2. The number of para-hydroxylation sites is 2. The van der Waals surface area contributed by atoms with Crippen molar-refractivity contribution in [2.24, 2.45) is 0 Å². The van der Waals surface area contributed by atoms with Gasteiger partial charge in [0.2, 0.25) is 11.9 Å². The first kappa shape index (κ1) is 20.5. The quantitative estimate of drug-likeness (QED) is 0.558. The van der Waals surface area contributed by atoms with E-state index in [4.69, 9.17) is 0 Å². The SMILES string of the molecule is C[C@@H](O)CNc1nc2ccccc2n1CC(=O)Nc1ccc(OC(F)(F)F)cc1. The Bertz CT molecular complexity index is 985. The van der Waals surface area contributed by atoms with Crippen LogP contribution < -0.4 is 15.4 Å². The van der Waals surface area contributed by atoms with Gasteiger partial charge in [0.1, 0.15) is 12.3 Å². The molecule has 0 spiro atoms. The second-order valence-electron chi connectivity index (χ2n) is 6.36. The van der Waals surface area contributed by atoms with Gasteiger partial charge >= 0.3 is 6.36 Å². The van der Waals surface area contributed by atoms with E-state index in [9.17, 15) is 23.1 Å². The van der Waals surface area contributed by atoms with Gasteiger partial charge in [-0.15, -0.1) is 13.2 Å². The fraction of sp³-hybridized carbons (Fsp3) is 0.263. The monoisotopic (exact) mass is 408 g/mol. The van der Waals surface area contributed by atoms with Crippen LogP contribution in [0.3, 0.4) is 0 Å². The maximum Gasteiger partial charge on any atom is 0.573 e. The van der Waals surface area contributed by atoms with Crippen LogP contribution in [-0.2, 0) is 11.3 Å². The number of nitrogens with zero attached hydrogens (tertiary/aromatic N) is 2. The first-order chi connectivity index (χ1) is 13.7. The first-order valence-electron chi connectivity index (χ1n) is 8.74. The summed E-state index contributed by atoms with van der Waals surface area (Å²) in [7, 11) is 0. The molecule has 3 rings (SSSR count). The summed E-state index contributed by atoms with van der Waals surface area (Å²) < 4.78 is 42.1. The van der Waals surface area contributed by atoms with Gasteiger partial charge < -0.3 is 25.0 Å². The summed E-state index contributed by atoms with van der Waals surface area (Å²) in [4.78, 5) is 16.9. The molecule has 0 fully saturated rings. The lowest BCUT2D eigenvalue weighted by atomic mass is 10.3. The van der Waals surface area contributed by atoms with Gasteiger partial charge in [-0.3, -0.25) is 4.79 Å². The lowest BCUT2D eigenvalue weighted by Crippen LogP contribution is -2.22. The molecule has 0 bridgehead atoms. The highest BCUT2D eigenvalue weighted by atomic mass is 19.4. The standard InChI is InChI=1S/C19H19F3N4O3/c1-12(27)10-23-18-25-15-4-2-3-5-16(15)26(18)11-17(28)24-13-6-8-14(9-7-13)29-19(20,21)22/h2-9,12,27H,10-11H2,1H3,(H,23,25)(H,24,28)/t12-/m1/s1. The Balaban J connectivity index is 1.73. The number of imidazole rings is 1. The molecule has 0 saturated heterocycles. The summed E-state index contributed by atoms with van der Waals surface area (Å²) in [5.41, 5.74) is 1.74. The Morgan fingerprint density at radius 3 is 2.55 bits per heavy atom. The largest absolute Gasteiger partial charge is 0.573 e. The number of halogens is 3. The minimum Gasteiger partial charge on any atom is -0.406 e. The zero-order chi connectivity index (χ0) is 21.0. The van der Waals surface area contributed by atoms with Gasteiger partial charge in [0, 0.05) is 12.2 Å². The molecule has 29 heavy (non-hydrogen) atoms. The fourth-order valence-corrected chi connectivity index (χ4v) is 2.69. The molecule has 0 aliphatic rings. The molecule has 0 aliphatic carbocycles. The van der Waals surface area contributed by atoms with E-state index in [1.807, 2.05) is 18.2 Å². The minimum atomic E-state index is -4.78. The maximum atomic E-state index is 12.5. The van der Waals surface area contributed by atoms with E-state index in [2.05, 4.69) is 20.4 Å². The van der Waals surface area contributed by atoms with Crippen molar-refractivity contribution in [3.63, 3.8) is 0 Å². The molecular weight excluding hydrogens is 389 g/mol. The normalized spacial score (nSPS) is 12.6. The zero-order valence-electron chi connectivity index (χ0n) is 15.4. The minimum absolute atomic E-state index is 0.0799. The van der Waals surface area contributed by atoms with E-state index in [0.29, 0.717) is 17.2 Å². The molecule has 154 valence electrons. The molecule has 10 heteroatoms. The number of hydrogen-bond acceptors (Lipinski definition) is 5. The van der Waals surface area contributed by atoms with Gasteiger partial charge in [-0.25, -0.2) is 4.98 Å². The molecule has 1 atom stereocenters. The molecule has 3 N–H and O–H groups in total. The van der Waals surface area contributed by atoms with Crippen molar-refractivity contribution in [2.45, 2.75) is 25.9 Å². The average molecular weight is 408 g/mol. The number of ether oxygens (including phenoxy) is 1. The molecule has 1 aromatic heterocycles.